The van der Waals surface area contributed by atoms with Crippen molar-refractivity contribution in [1.29, 1.82) is 0 Å². The molecule has 1 amide bonds. The maximum atomic E-state index is 13.3. The van der Waals surface area contributed by atoms with Crippen LogP contribution in [0.1, 0.15) is 23.7 Å². The summed E-state index contributed by atoms with van der Waals surface area (Å²) in [6.45, 7) is 3.59. The van der Waals surface area contributed by atoms with E-state index in [1.54, 1.807) is 4.90 Å². The van der Waals surface area contributed by atoms with Gasteiger partial charge in [0, 0.05) is 17.8 Å². The molecule has 1 saturated heterocycles. The topological polar surface area (TPSA) is 55.6 Å². The number of benzene rings is 1. The van der Waals surface area contributed by atoms with E-state index in [1.165, 1.54) is 18.2 Å². The molecular formula is C13H17FN2O2. The molecule has 1 atom stereocenters. The zero-order chi connectivity index (χ0) is 13.1. The van der Waals surface area contributed by atoms with Gasteiger partial charge < -0.3 is 15.4 Å². The first kappa shape index (κ1) is 12.8. The highest BCUT2D eigenvalue weighted by Crippen LogP contribution is 2.17. The molecule has 0 radical (unpaired) electrons. The molecule has 18 heavy (non-hydrogen) atoms. The predicted octanol–water partition coefficient (Wildman–Crippen LogP) is 1.66. The largest absolute Gasteiger partial charge is 0.399 e. The number of anilines is 1. The number of morpholine rings is 1. The number of nitrogen functional groups attached to an aromatic ring is 1. The summed E-state index contributed by atoms with van der Waals surface area (Å²) in [4.78, 5) is 14.1. The van der Waals surface area contributed by atoms with E-state index in [-0.39, 0.29) is 17.6 Å². The minimum Gasteiger partial charge on any atom is -0.399 e. The molecule has 5 heteroatoms. The third-order valence-corrected chi connectivity index (χ3v) is 3.13. The highest BCUT2D eigenvalue weighted by molar-refractivity contribution is 5.95. The van der Waals surface area contributed by atoms with Gasteiger partial charge in [0.15, 0.2) is 0 Å². The SMILES string of the molecule is CCC1COCCN1C(=O)c1cc(N)cc(F)c1. The Morgan fingerprint density at radius 1 is 1.56 bits per heavy atom. The average molecular weight is 252 g/mol. The highest BCUT2D eigenvalue weighted by Gasteiger charge is 2.27. The minimum absolute atomic E-state index is 0.0516. The van der Waals surface area contributed by atoms with Crippen molar-refractivity contribution in [3.8, 4) is 0 Å². The van der Waals surface area contributed by atoms with E-state index in [2.05, 4.69) is 0 Å². The molecule has 1 aliphatic heterocycles. The van der Waals surface area contributed by atoms with Gasteiger partial charge in [0.05, 0.1) is 19.3 Å². The summed E-state index contributed by atoms with van der Waals surface area (Å²) in [5.74, 6) is -0.670. The van der Waals surface area contributed by atoms with Crippen molar-refractivity contribution in [2.45, 2.75) is 19.4 Å². The summed E-state index contributed by atoms with van der Waals surface area (Å²) in [7, 11) is 0. The van der Waals surface area contributed by atoms with Gasteiger partial charge in [-0.05, 0) is 24.6 Å². The molecule has 1 unspecified atom stereocenters. The van der Waals surface area contributed by atoms with Gasteiger partial charge in [0.2, 0.25) is 0 Å². The normalized spacial score (nSPS) is 19.9. The molecule has 0 aromatic heterocycles. The molecule has 1 heterocycles. The third kappa shape index (κ3) is 2.61. The van der Waals surface area contributed by atoms with Crippen molar-refractivity contribution in [3.63, 3.8) is 0 Å². The molecule has 2 N–H and O–H groups in total. The quantitative estimate of drug-likeness (QED) is 0.814. The number of nitrogens with two attached hydrogens (primary N) is 1. The van der Waals surface area contributed by atoms with Crippen LogP contribution in [-0.4, -0.2) is 36.6 Å². The summed E-state index contributed by atoms with van der Waals surface area (Å²) in [6.07, 6.45) is 0.816. The van der Waals surface area contributed by atoms with Crippen molar-refractivity contribution in [2.75, 3.05) is 25.5 Å². The Balaban J connectivity index is 2.23. The Morgan fingerprint density at radius 2 is 2.33 bits per heavy atom. The summed E-state index contributed by atoms with van der Waals surface area (Å²) >= 11 is 0. The van der Waals surface area contributed by atoms with Crippen LogP contribution in [0.25, 0.3) is 0 Å². The monoisotopic (exact) mass is 252 g/mol. The van der Waals surface area contributed by atoms with Gasteiger partial charge in [0.1, 0.15) is 5.82 Å². The number of carbonyl (C=O) groups is 1. The molecular weight excluding hydrogens is 235 g/mol. The van der Waals surface area contributed by atoms with E-state index in [0.29, 0.717) is 25.3 Å². The van der Waals surface area contributed by atoms with Crippen LogP contribution in [0.15, 0.2) is 18.2 Å². The van der Waals surface area contributed by atoms with E-state index >= 15 is 0 Å². The molecule has 4 nitrogen and oxygen atoms in total. The molecule has 1 aliphatic rings. The number of nitrogens with zero attached hydrogens (tertiary/aromatic N) is 1. The lowest BCUT2D eigenvalue weighted by molar-refractivity contribution is -0.00281. The number of hydrogen-bond donors (Lipinski definition) is 1. The number of carbonyl (C=O) groups excluding carboxylic acids is 1. The first-order valence-electron chi connectivity index (χ1n) is 6.06. The number of hydrogen-bond acceptors (Lipinski definition) is 3. The molecule has 2 rings (SSSR count). The molecule has 98 valence electrons. The maximum Gasteiger partial charge on any atom is 0.254 e. The smallest absolute Gasteiger partial charge is 0.254 e. The Morgan fingerprint density at radius 3 is 3.00 bits per heavy atom. The van der Waals surface area contributed by atoms with E-state index in [9.17, 15) is 9.18 Å². The number of amides is 1. The first-order chi connectivity index (χ1) is 8.61. The maximum absolute atomic E-state index is 13.3. The summed E-state index contributed by atoms with van der Waals surface area (Å²) < 4.78 is 18.6. The van der Waals surface area contributed by atoms with Gasteiger partial charge in [-0.1, -0.05) is 6.92 Å². The van der Waals surface area contributed by atoms with Crippen LogP contribution < -0.4 is 5.73 Å². The van der Waals surface area contributed by atoms with E-state index in [4.69, 9.17) is 10.5 Å². The second-order valence-electron chi connectivity index (χ2n) is 4.41. The molecule has 0 bridgehead atoms. The molecule has 1 aromatic rings. The van der Waals surface area contributed by atoms with Gasteiger partial charge >= 0.3 is 0 Å². The van der Waals surface area contributed by atoms with Crippen molar-refractivity contribution in [2.24, 2.45) is 0 Å². The van der Waals surface area contributed by atoms with Crippen LogP contribution in [0, 0.1) is 5.82 Å². The Bertz CT molecular complexity index is 430. The van der Waals surface area contributed by atoms with Gasteiger partial charge in [-0.3, -0.25) is 4.79 Å². The summed E-state index contributed by atoms with van der Waals surface area (Å²) in [5, 5.41) is 0. The van der Waals surface area contributed by atoms with Crippen LogP contribution in [0.5, 0.6) is 0 Å². The standard InChI is InChI=1S/C13H17FN2O2/c1-2-12-8-18-4-3-16(12)13(17)9-5-10(14)7-11(15)6-9/h5-7,12H,2-4,8,15H2,1H3. The first-order valence-corrected chi connectivity index (χ1v) is 6.06. The molecule has 0 spiro atoms. The highest BCUT2D eigenvalue weighted by atomic mass is 19.1. The Labute approximate surface area is 106 Å². The zero-order valence-electron chi connectivity index (χ0n) is 10.4. The molecule has 0 saturated carbocycles. The fourth-order valence-corrected chi connectivity index (χ4v) is 2.16. The average Bonchev–Trinajstić information content (AvgIpc) is 2.36. The van der Waals surface area contributed by atoms with E-state index in [0.717, 1.165) is 6.42 Å². The van der Waals surface area contributed by atoms with Gasteiger partial charge in [-0.15, -0.1) is 0 Å². The van der Waals surface area contributed by atoms with Gasteiger partial charge in [-0.25, -0.2) is 4.39 Å². The van der Waals surface area contributed by atoms with Crippen LogP contribution in [0.3, 0.4) is 0 Å². The summed E-state index contributed by atoms with van der Waals surface area (Å²) in [6, 6.07) is 3.98. The zero-order valence-corrected chi connectivity index (χ0v) is 10.4. The number of ether oxygens (including phenoxy) is 1. The second-order valence-corrected chi connectivity index (χ2v) is 4.41. The van der Waals surface area contributed by atoms with Gasteiger partial charge in [-0.2, -0.15) is 0 Å². The number of halogens is 1. The molecule has 1 fully saturated rings. The molecule has 0 aliphatic carbocycles. The fourth-order valence-electron chi connectivity index (χ4n) is 2.16. The van der Waals surface area contributed by atoms with Crippen LogP contribution in [0.4, 0.5) is 10.1 Å². The lowest BCUT2D eigenvalue weighted by atomic mass is 10.1. The van der Waals surface area contributed by atoms with Crippen LogP contribution in [-0.2, 0) is 4.74 Å². The van der Waals surface area contributed by atoms with Crippen molar-refractivity contribution in [1.82, 2.24) is 4.90 Å². The fraction of sp³-hybridized carbons (Fsp3) is 0.462. The van der Waals surface area contributed by atoms with Crippen molar-refractivity contribution < 1.29 is 13.9 Å². The van der Waals surface area contributed by atoms with Crippen molar-refractivity contribution >= 4 is 11.6 Å². The van der Waals surface area contributed by atoms with E-state index < -0.39 is 5.82 Å². The van der Waals surface area contributed by atoms with Gasteiger partial charge in [0.25, 0.3) is 5.91 Å². The predicted molar refractivity (Wildman–Crippen MR) is 66.7 cm³/mol. The Kier molecular flexibility index (Phi) is 3.81. The van der Waals surface area contributed by atoms with Crippen LogP contribution in [0.2, 0.25) is 0 Å². The third-order valence-electron chi connectivity index (χ3n) is 3.13. The number of rotatable bonds is 2. The second kappa shape index (κ2) is 5.35. The lowest BCUT2D eigenvalue weighted by Crippen LogP contribution is -2.48. The molecule has 1 aromatic carbocycles. The lowest BCUT2D eigenvalue weighted by Gasteiger charge is -2.35. The summed E-state index contributed by atoms with van der Waals surface area (Å²) in [5.41, 5.74) is 6.12. The van der Waals surface area contributed by atoms with Crippen LogP contribution >= 0.6 is 0 Å². The van der Waals surface area contributed by atoms with E-state index in [1.807, 2.05) is 6.92 Å². The minimum atomic E-state index is -0.486. The van der Waals surface area contributed by atoms with Crippen molar-refractivity contribution in [3.05, 3.63) is 29.6 Å². The Hall–Kier alpha value is -1.62.